The number of carbonyl (C=O) groups excluding carboxylic acids is 2. The zero-order chi connectivity index (χ0) is 14.5. The Morgan fingerprint density at radius 1 is 1.00 bits per heavy atom. The summed E-state index contributed by atoms with van der Waals surface area (Å²) < 4.78 is 21.2. The van der Waals surface area contributed by atoms with Crippen molar-refractivity contribution in [3.8, 4) is 0 Å². The lowest BCUT2D eigenvalue weighted by atomic mass is 9.85. The number of esters is 2. The van der Waals surface area contributed by atoms with E-state index in [-0.39, 0.29) is 41.5 Å². The first-order chi connectivity index (χ1) is 9.56. The summed E-state index contributed by atoms with van der Waals surface area (Å²) in [6, 6.07) is 0.604. The van der Waals surface area contributed by atoms with E-state index in [1.165, 1.54) is 0 Å². The quantitative estimate of drug-likeness (QED) is 0.320. The lowest BCUT2D eigenvalue weighted by molar-refractivity contribution is -0.155. The summed E-state index contributed by atoms with van der Waals surface area (Å²) in [6.07, 6.45) is 4.05. The van der Waals surface area contributed by atoms with E-state index in [1.807, 2.05) is 12.2 Å². The van der Waals surface area contributed by atoms with Crippen LogP contribution in [0.1, 0.15) is 0 Å². The van der Waals surface area contributed by atoms with Gasteiger partial charge in [0.1, 0.15) is 0 Å². The second kappa shape index (κ2) is 4.76. The molecule has 6 nitrogen and oxygen atoms in total. The second-order valence-corrected chi connectivity index (χ2v) is 8.49. The minimum Gasteiger partial charge on any atom is -0.393 e. The highest BCUT2D eigenvalue weighted by Crippen LogP contribution is 2.57. The van der Waals surface area contributed by atoms with Crippen LogP contribution in [0.5, 0.6) is 0 Å². The van der Waals surface area contributed by atoms with Gasteiger partial charge in [0.15, 0.2) is 0 Å². The maximum absolute atomic E-state index is 11.8. The van der Waals surface area contributed by atoms with Gasteiger partial charge in [-0.25, -0.2) is 0 Å². The number of hydrogen-bond acceptors (Lipinski definition) is 6. The fourth-order valence-corrected chi connectivity index (χ4v) is 6.07. The molecule has 1 aliphatic heterocycles. The Bertz CT molecular complexity index is 433. The molecule has 0 spiro atoms. The van der Waals surface area contributed by atoms with Crippen LogP contribution >= 0.6 is 0 Å². The van der Waals surface area contributed by atoms with E-state index in [9.17, 15) is 9.59 Å². The third-order valence-electron chi connectivity index (χ3n) is 4.92. The van der Waals surface area contributed by atoms with Crippen LogP contribution in [0.3, 0.4) is 0 Å². The highest BCUT2D eigenvalue weighted by atomic mass is 28.4. The molecule has 0 N–H and O–H groups in total. The van der Waals surface area contributed by atoms with Gasteiger partial charge >= 0.3 is 20.7 Å². The van der Waals surface area contributed by atoms with Crippen LogP contribution < -0.4 is 0 Å². The maximum Gasteiger partial charge on any atom is 0.500 e. The Morgan fingerprint density at radius 2 is 1.45 bits per heavy atom. The third-order valence-corrected chi connectivity index (χ3v) is 7.76. The van der Waals surface area contributed by atoms with Gasteiger partial charge in [0.05, 0.1) is 11.8 Å². The number of ether oxygens (including phenoxy) is 1. The molecule has 2 bridgehead atoms. The molecule has 1 saturated heterocycles. The van der Waals surface area contributed by atoms with E-state index in [0.717, 1.165) is 0 Å². The summed E-state index contributed by atoms with van der Waals surface area (Å²) in [7, 11) is 2.00. The van der Waals surface area contributed by atoms with E-state index in [0.29, 0.717) is 6.04 Å². The summed E-state index contributed by atoms with van der Waals surface area (Å²) in [4.78, 5) is 23.6. The molecule has 2 fully saturated rings. The van der Waals surface area contributed by atoms with Gasteiger partial charge in [-0.05, 0) is 17.8 Å². The SMILES string of the molecule is CO[Si](CC1C2C=CC1C1C(=O)OC(=O)C21)(OC)OC. The number of hydrogen-bond donors (Lipinski definition) is 0. The average molecular weight is 298 g/mol. The predicted octanol–water partition coefficient (Wildman–Crippen LogP) is 0.612. The molecule has 1 saturated carbocycles. The topological polar surface area (TPSA) is 71.1 Å². The molecule has 0 aromatic carbocycles. The molecule has 110 valence electrons. The van der Waals surface area contributed by atoms with Crippen LogP contribution in [0, 0.1) is 29.6 Å². The van der Waals surface area contributed by atoms with Crippen molar-refractivity contribution < 1.29 is 27.6 Å². The van der Waals surface area contributed by atoms with Crippen LogP contribution in [-0.2, 0) is 27.6 Å². The fourth-order valence-electron chi connectivity index (χ4n) is 3.95. The van der Waals surface area contributed by atoms with Gasteiger partial charge in [-0.2, -0.15) is 0 Å². The van der Waals surface area contributed by atoms with Crippen molar-refractivity contribution in [1.29, 1.82) is 0 Å². The second-order valence-electron chi connectivity index (χ2n) is 5.49. The molecule has 0 aromatic heterocycles. The van der Waals surface area contributed by atoms with Crippen molar-refractivity contribution in [3.63, 3.8) is 0 Å². The molecule has 20 heavy (non-hydrogen) atoms. The Balaban J connectivity index is 1.85. The zero-order valence-electron chi connectivity index (χ0n) is 11.7. The summed E-state index contributed by atoms with van der Waals surface area (Å²) in [5.74, 6) is -1.25. The van der Waals surface area contributed by atoms with E-state index < -0.39 is 8.80 Å². The molecular formula is C13H18O6Si. The monoisotopic (exact) mass is 298 g/mol. The average Bonchev–Trinajstić information content (AvgIpc) is 3.08. The van der Waals surface area contributed by atoms with E-state index in [4.69, 9.17) is 18.0 Å². The molecule has 0 aromatic rings. The van der Waals surface area contributed by atoms with Crippen LogP contribution in [0.4, 0.5) is 0 Å². The molecule has 4 atom stereocenters. The smallest absolute Gasteiger partial charge is 0.393 e. The molecular weight excluding hydrogens is 280 g/mol. The number of rotatable bonds is 5. The van der Waals surface area contributed by atoms with Gasteiger partial charge in [0.25, 0.3) is 0 Å². The Morgan fingerprint density at radius 3 is 1.85 bits per heavy atom. The molecule has 3 rings (SSSR count). The van der Waals surface area contributed by atoms with Crippen molar-refractivity contribution in [2.45, 2.75) is 6.04 Å². The summed E-state index contributed by atoms with van der Waals surface area (Å²) in [5.41, 5.74) is 0. The fraction of sp³-hybridized carbons (Fsp3) is 0.692. The normalized spacial score (nSPS) is 38.5. The first kappa shape index (κ1) is 13.9. The lowest BCUT2D eigenvalue weighted by Crippen LogP contribution is -2.45. The highest BCUT2D eigenvalue weighted by Gasteiger charge is 2.64. The first-order valence-corrected chi connectivity index (χ1v) is 8.59. The Kier molecular flexibility index (Phi) is 3.32. The standard InChI is InChI=1S/C13H18O6Si/c1-16-20(17-2,18-3)6-9-7-4-5-8(9)11-10(7)12(14)19-13(11)15/h4-5,7-11H,6H2,1-3H3. The van der Waals surface area contributed by atoms with Crippen LogP contribution in [0.25, 0.3) is 0 Å². The van der Waals surface area contributed by atoms with Crippen molar-refractivity contribution in [2.75, 3.05) is 21.3 Å². The minimum absolute atomic E-state index is 0.0243. The number of cyclic esters (lactones) is 2. The maximum atomic E-state index is 11.8. The molecule has 7 heteroatoms. The van der Waals surface area contributed by atoms with Crippen molar-refractivity contribution >= 4 is 20.7 Å². The molecule has 0 radical (unpaired) electrons. The van der Waals surface area contributed by atoms with Crippen molar-refractivity contribution in [3.05, 3.63) is 12.2 Å². The van der Waals surface area contributed by atoms with E-state index >= 15 is 0 Å². The summed E-state index contributed by atoms with van der Waals surface area (Å²) >= 11 is 0. The molecule has 1 heterocycles. The molecule has 0 amide bonds. The van der Waals surface area contributed by atoms with Gasteiger partial charge in [-0.3, -0.25) is 9.59 Å². The van der Waals surface area contributed by atoms with Gasteiger partial charge in [0, 0.05) is 27.4 Å². The van der Waals surface area contributed by atoms with Gasteiger partial charge in [-0.1, -0.05) is 12.2 Å². The Hall–Kier alpha value is -1.02. The molecule has 3 aliphatic rings. The highest BCUT2D eigenvalue weighted by molar-refractivity contribution is 6.60. The van der Waals surface area contributed by atoms with E-state index in [2.05, 4.69) is 0 Å². The van der Waals surface area contributed by atoms with Crippen LogP contribution in [0.2, 0.25) is 6.04 Å². The van der Waals surface area contributed by atoms with Crippen molar-refractivity contribution in [2.24, 2.45) is 29.6 Å². The van der Waals surface area contributed by atoms with Gasteiger partial charge in [-0.15, -0.1) is 0 Å². The van der Waals surface area contributed by atoms with Gasteiger partial charge in [0.2, 0.25) is 0 Å². The van der Waals surface area contributed by atoms with Crippen LogP contribution in [-0.4, -0.2) is 42.1 Å². The Labute approximate surface area is 118 Å². The summed E-state index contributed by atoms with van der Waals surface area (Å²) in [5, 5.41) is 0. The minimum atomic E-state index is -2.72. The largest absolute Gasteiger partial charge is 0.500 e. The predicted molar refractivity (Wildman–Crippen MR) is 69.3 cm³/mol. The number of carbonyl (C=O) groups is 2. The number of fused-ring (bicyclic) bond motifs is 5. The van der Waals surface area contributed by atoms with Gasteiger partial charge < -0.3 is 18.0 Å². The third kappa shape index (κ3) is 1.74. The zero-order valence-corrected chi connectivity index (χ0v) is 12.7. The molecule has 2 aliphatic carbocycles. The first-order valence-electron chi connectivity index (χ1n) is 6.66. The lowest BCUT2D eigenvalue weighted by Gasteiger charge is -2.29. The molecule has 4 unspecified atom stereocenters. The van der Waals surface area contributed by atoms with Crippen LogP contribution in [0.15, 0.2) is 12.2 Å². The van der Waals surface area contributed by atoms with E-state index in [1.54, 1.807) is 21.3 Å². The summed E-state index contributed by atoms with van der Waals surface area (Å²) in [6.45, 7) is 0. The number of allylic oxidation sites excluding steroid dienone is 2. The van der Waals surface area contributed by atoms with Crippen molar-refractivity contribution in [1.82, 2.24) is 0 Å².